The number of benzene rings is 2. The molecule has 0 aliphatic rings. The Bertz CT molecular complexity index is 789. The monoisotopic (exact) mass is 283 g/mol. The van der Waals surface area contributed by atoms with E-state index in [-0.39, 0.29) is 5.78 Å². The van der Waals surface area contributed by atoms with E-state index in [1.807, 2.05) is 41.1 Å². The minimum atomic E-state index is 0.0228. The van der Waals surface area contributed by atoms with E-state index in [9.17, 15) is 4.79 Å². The summed E-state index contributed by atoms with van der Waals surface area (Å²) >= 11 is 6.07. The van der Waals surface area contributed by atoms with Gasteiger partial charge in [0.05, 0.1) is 11.6 Å². The molecule has 1 heterocycles. The lowest BCUT2D eigenvalue weighted by atomic mass is 10.1. The summed E-state index contributed by atoms with van der Waals surface area (Å²) in [6.07, 6.45) is 1.95. The van der Waals surface area contributed by atoms with Crippen LogP contribution in [0.25, 0.3) is 10.9 Å². The molecule has 0 aliphatic carbocycles. The van der Waals surface area contributed by atoms with Crippen LogP contribution < -0.4 is 0 Å². The SMILES string of the molecule is Cc1cccc2c1ccn2CC(=O)c1ccccc1Cl. The van der Waals surface area contributed by atoms with E-state index in [4.69, 9.17) is 11.6 Å². The Morgan fingerprint density at radius 1 is 1.10 bits per heavy atom. The van der Waals surface area contributed by atoms with E-state index in [0.717, 1.165) is 5.52 Å². The first kappa shape index (κ1) is 12.9. The first-order valence-corrected chi connectivity index (χ1v) is 6.87. The number of halogens is 1. The Kier molecular flexibility index (Phi) is 3.33. The second kappa shape index (κ2) is 5.14. The number of hydrogen-bond donors (Lipinski definition) is 0. The van der Waals surface area contributed by atoms with E-state index in [2.05, 4.69) is 13.0 Å². The highest BCUT2D eigenvalue weighted by Gasteiger charge is 2.12. The van der Waals surface area contributed by atoms with Crippen LogP contribution in [0.15, 0.2) is 54.7 Å². The summed E-state index contributed by atoms with van der Waals surface area (Å²) in [7, 11) is 0. The van der Waals surface area contributed by atoms with Crippen molar-refractivity contribution in [3.8, 4) is 0 Å². The van der Waals surface area contributed by atoms with Crippen molar-refractivity contribution in [2.75, 3.05) is 0 Å². The topological polar surface area (TPSA) is 22.0 Å². The molecule has 0 radical (unpaired) electrons. The van der Waals surface area contributed by atoms with Crippen LogP contribution >= 0.6 is 11.6 Å². The zero-order valence-electron chi connectivity index (χ0n) is 11.1. The van der Waals surface area contributed by atoms with E-state index in [0.29, 0.717) is 17.1 Å². The minimum Gasteiger partial charge on any atom is -0.340 e. The lowest BCUT2D eigenvalue weighted by Crippen LogP contribution is -2.10. The van der Waals surface area contributed by atoms with Gasteiger partial charge in [-0.05, 0) is 36.8 Å². The molecule has 20 heavy (non-hydrogen) atoms. The molecule has 0 amide bonds. The Morgan fingerprint density at radius 2 is 1.90 bits per heavy atom. The molecule has 100 valence electrons. The first-order valence-electron chi connectivity index (χ1n) is 6.49. The number of aromatic nitrogens is 1. The van der Waals surface area contributed by atoms with Crippen LogP contribution in [0.1, 0.15) is 15.9 Å². The first-order chi connectivity index (χ1) is 9.66. The highest BCUT2D eigenvalue weighted by Crippen LogP contribution is 2.21. The molecule has 0 saturated heterocycles. The number of rotatable bonds is 3. The smallest absolute Gasteiger partial charge is 0.183 e. The van der Waals surface area contributed by atoms with Crippen LogP contribution in [-0.4, -0.2) is 10.4 Å². The normalized spacial score (nSPS) is 10.9. The average Bonchev–Trinajstić information content (AvgIpc) is 2.84. The van der Waals surface area contributed by atoms with Crippen molar-refractivity contribution in [3.63, 3.8) is 0 Å². The fourth-order valence-electron chi connectivity index (χ4n) is 2.44. The quantitative estimate of drug-likeness (QED) is 0.649. The molecule has 3 aromatic rings. The molecule has 2 aromatic carbocycles. The molecule has 1 aromatic heterocycles. The third kappa shape index (κ3) is 2.23. The Hall–Kier alpha value is -2.06. The fraction of sp³-hybridized carbons (Fsp3) is 0.118. The molecule has 3 rings (SSSR count). The maximum absolute atomic E-state index is 12.4. The lowest BCUT2D eigenvalue weighted by molar-refractivity contribution is 0.0974. The van der Waals surface area contributed by atoms with Gasteiger partial charge in [0.25, 0.3) is 0 Å². The number of aryl methyl sites for hydroxylation is 1. The van der Waals surface area contributed by atoms with Gasteiger partial charge in [-0.3, -0.25) is 4.79 Å². The van der Waals surface area contributed by atoms with E-state index in [1.165, 1.54) is 10.9 Å². The molecule has 0 N–H and O–H groups in total. The van der Waals surface area contributed by atoms with Crippen molar-refractivity contribution >= 4 is 28.3 Å². The zero-order chi connectivity index (χ0) is 14.1. The molecule has 0 unspecified atom stereocenters. The van der Waals surface area contributed by atoms with Gasteiger partial charge in [-0.15, -0.1) is 0 Å². The summed E-state index contributed by atoms with van der Waals surface area (Å²) in [6.45, 7) is 2.37. The molecular formula is C17H14ClNO. The van der Waals surface area contributed by atoms with Crippen molar-refractivity contribution in [2.24, 2.45) is 0 Å². The highest BCUT2D eigenvalue weighted by atomic mass is 35.5. The van der Waals surface area contributed by atoms with Crippen molar-refractivity contribution in [2.45, 2.75) is 13.5 Å². The second-order valence-electron chi connectivity index (χ2n) is 4.85. The maximum atomic E-state index is 12.4. The largest absolute Gasteiger partial charge is 0.340 e. The molecule has 2 nitrogen and oxygen atoms in total. The molecule has 3 heteroatoms. The maximum Gasteiger partial charge on any atom is 0.183 e. The van der Waals surface area contributed by atoms with Crippen molar-refractivity contribution in [1.29, 1.82) is 0 Å². The van der Waals surface area contributed by atoms with Gasteiger partial charge in [-0.25, -0.2) is 0 Å². The van der Waals surface area contributed by atoms with Crippen LogP contribution in [0.5, 0.6) is 0 Å². The molecule has 0 spiro atoms. The Labute approximate surface area is 122 Å². The predicted octanol–water partition coefficient (Wildman–Crippen LogP) is 4.49. The molecular weight excluding hydrogens is 270 g/mol. The molecule has 0 saturated carbocycles. The number of carbonyl (C=O) groups excluding carboxylic acids is 1. The summed E-state index contributed by atoms with van der Waals surface area (Å²) in [4.78, 5) is 12.4. The van der Waals surface area contributed by atoms with Crippen LogP contribution in [0.4, 0.5) is 0 Å². The molecule has 0 bridgehead atoms. The number of ketones is 1. The van der Waals surface area contributed by atoms with Crippen LogP contribution in [0, 0.1) is 6.92 Å². The molecule has 0 atom stereocenters. The minimum absolute atomic E-state index is 0.0228. The van der Waals surface area contributed by atoms with Gasteiger partial charge in [-0.1, -0.05) is 35.9 Å². The summed E-state index contributed by atoms with van der Waals surface area (Å²) in [6, 6.07) is 15.3. The van der Waals surface area contributed by atoms with Gasteiger partial charge in [0.15, 0.2) is 5.78 Å². The summed E-state index contributed by atoms with van der Waals surface area (Å²) < 4.78 is 1.97. The summed E-state index contributed by atoms with van der Waals surface area (Å²) in [5.74, 6) is 0.0228. The fourth-order valence-corrected chi connectivity index (χ4v) is 2.68. The van der Waals surface area contributed by atoms with Crippen molar-refractivity contribution in [1.82, 2.24) is 4.57 Å². The van der Waals surface area contributed by atoms with Gasteiger partial charge < -0.3 is 4.57 Å². The van der Waals surface area contributed by atoms with E-state index < -0.39 is 0 Å². The number of fused-ring (bicyclic) bond motifs is 1. The van der Waals surface area contributed by atoms with Crippen LogP contribution in [0.2, 0.25) is 5.02 Å². The standard InChI is InChI=1S/C17H14ClNO/c1-12-5-4-8-16-13(12)9-10-19(16)11-17(20)14-6-2-3-7-15(14)18/h2-10H,11H2,1H3. The van der Waals surface area contributed by atoms with Gasteiger partial charge >= 0.3 is 0 Å². The van der Waals surface area contributed by atoms with Crippen LogP contribution in [-0.2, 0) is 6.54 Å². The third-order valence-electron chi connectivity index (χ3n) is 3.52. The molecule has 0 aliphatic heterocycles. The third-order valence-corrected chi connectivity index (χ3v) is 3.85. The average molecular weight is 284 g/mol. The van der Waals surface area contributed by atoms with Gasteiger partial charge in [0, 0.05) is 22.7 Å². The Morgan fingerprint density at radius 3 is 2.70 bits per heavy atom. The number of Topliss-reactive ketones (excluding diaryl/α,β-unsaturated/α-hetero) is 1. The van der Waals surface area contributed by atoms with Crippen molar-refractivity contribution in [3.05, 3.63) is 70.9 Å². The van der Waals surface area contributed by atoms with E-state index in [1.54, 1.807) is 12.1 Å². The van der Waals surface area contributed by atoms with E-state index >= 15 is 0 Å². The number of nitrogens with zero attached hydrogens (tertiary/aromatic N) is 1. The summed E-state index contributed by atoms with van der Waals surface area (Å²) in [5.41, 5.74) is 2.86. The number of hydrogen-bond acceptors (Lipinski definition) is 1. The lowest BCUT2D eigenvalue weighted by Gasteiger charge is -2.07. The summed E-state index contributed by atoms with van der Waals surface area (Å²) in [5, 5.41) is 1.68. The van der Waals surface area contributed by atoms with Gasteiger partial charge in [-0.2, -0.15) is 0 Å². The van der Waals surface area contributed by atoms with Gasteiger partial charge in [0.1, 0.15) is 0 Å². The molecule has 0 fully saturated rings. The van der Waals surface area contributed by atoms with Gasteiger partial charge in [0.2, 0.25) is 0 Å². The highest BCUT2D eigenvalue weighted by molar-refractivity contribution is 6.33. The Balaban J connectivity index is 1.96. The van der Waals surface area contributed by atoms with Crippen LogP contribution in [0.3, 0.4) is 0 Å². The number of carbonyl (C=O) groups is 1. The van der Waals surface area contributed by atoms with Crippen molar-refractivity contribution < 1.29 is 4.79 Å². The second-order valence-corrected chi connectivity index (χ2v) is 5.26. The predicted molar refractivity (Wildman–Crippen MR) is 82.5 cm³/mol. The zero-order valence-corrected chi connectivity index (χ0v) is 11.9.